The van der Waals surface area contributed by atoms with E-state index in [1.54, 1.807) is 38.1 Å². The number of carbonyl (C=O) groups is 2. The number of aliphatic hydroxyl groups is 1. The zero-order chi connectivity index (χ0) is 19.4. The lowest BCUT2D eigenvalue weighted by Gasteiger charge is -2.33. The minimum atomic E-state index is -1.05. The summed E-state index contributed by atoms with van der Waals surface area (Å²) in [6.45, 7) is 3.80. The van der Waals surface area contributed by atoms with Gasteiger partial charge in [-0.25, -0.2) is 5.48 Å². The molecule has 7 heteroatoms. The Morgan fingerprint density at radius 1 is 1.11 bits per heavy atom. The maximum atomic E-state index is 13.0. The number of amides is 2. The first-order valence-corrected chi connectivity index (χ1v) is 9.48. The van der Waals surface area contributed by atoms with Crippen LogP contribution in [-0.2, 0) is 16.2 Å². The quantitative estimate of drug-likeness (QED) is 0.772. The predicted molar refractivity (Wildman–Crippen MR) is 103 cm³/mol. The minimum Gasteiger partial charge on any atom is -0.380 e. The summed E-state index contributed by atoms with van der Waals surface area (Å²) in [7, 11) is 0. The number of nitrogens with zero attached hydrogens (tertiary/aromatic N) is 1. The van der Waals surface area contributed by atoms with Crippen LogP contribution in [0.3, 0.4) is 0 Å². The van der Waals surface area contributed by atoms with Gasteiger partial charge in [0, 0.05) is 5.56 Å². The van der Waals surface area contributed by atoms with E-state index < -0.39 is 22.3 Å². The first-order valence-electron chi connectivity index (χ1n) is 8.60. The molecule has 0 radical (unpaired) electrons. The number of rotatable bonds is 5. The molecule has 2 amide bonds. The van der Waals surface area contributed by atoms with E-state index in [1.165, 1.54) is 4.90 Å². The van der Waals surface area contributed by atoms with E-state index >= 15 is 0 Å². The number of nitrogens with one attached hydrogen (secondary N) is 1. The molecule has 0 aliphatic carbocycles. The lowest BCUT2D eigenvalue weighted by atomic mass is 10.1. The molecule has 0 spiro atoms. The van der Waals surface area contributed by atoms with Crippen molar-refractivity contribution in [2.45, 2.75) is 36.8 Å². The normalized spacial score (nSPS) is 21.1. The summed E-state index contributed by atoms with van der Waals surface area (Å²) in [5, 5.41) is 10.4. The van der Waals surface area contributed by atoms with Crippen LogP contribution in [0.1, 0.15) is 29.8 Å². The molecule has 142 valence electrons. The average Bonchev–Trinajstić information content (AvgIpc) is 2.91. The van der Waals surface area contributed by atoms with Gasteiger partial charge in [0.25, 0.3) is 11.8 Å². The standard InChI is InChI=1S/C20H22N2O4S/c1-20(2)22(18(24)15-11-7-4-8-12-15)16(19(25)27-20)17(23)21-26-13-14-9-5-3-6-10-14/h3-12,16,19,25H,13H2,1-2H3,(H,21,23)/t16-,19+/m1/s1. The fourth-order valence-electron chi connectivity index (χ4n) is 3.04. The summed E-state index contributed by atoms with van der Waals surface area (Å²) in [6, 6.07) is 17.1. The lowest BCUT2D eigenvalue weighted by molar-refractivity contribution is -0.141. The van der Waals surface area contributed by atoms with Gasteiger partial charge in [0.2, 0.25) is 0 Å². The van der Waals surface area contributed by atoms with E-state index in [-0.39, 0.29) is 12.5 Å². The van der Waals surface area contributed by atoms with Crippen LogP contribution in [0.4, 0.5) is 0 Å². The first-order chi connectivity index (χ1) is 12.9. The van der Waals surface area contributed by atoms with Crippen molar-refractivity contribution in [2.24, 2.45) is 0 Å². The van der Waals surface area contributed by atoms with Gasteiger partial charge >= 0.3 is 0 Å². The molecule has 2 aromatic carbocycles. The van der Waals surface area contributed by atoms with Gasteiger partial charge in [-0.15, -0.1) is 11.8 Å². The second kappa shape index (κ2) is 8.12. The molecule has 1 aliphatic heterocycles. The van der Waals surface area contributed by atoms with Gasteiger partial charge in [-0.3, -0.25) is 14.4 Å². The molecule has 3 rings (SSSR count). The second-order valence-electron chi connectivity index (χ2n) is 6.68. The van der Waals surface area contributed by atoms with Crippen LogP contribution in [0.15, 0.2) is 60.7 Å². The van der Waals surface area contributed by atoms with E-state index in [4.69, 9.17) is 4.84 Å². The highest BCUT2D eigenvalue weighted by atomic mass is 32.2. The highest BCUT2D eigenvalue weighted by Gasteiger charge is 2.52. The van der Waals surface area contributed by atoms with Crippen LogP contribution in [-0.4, -0.2) is 38.2 Å². The van der Waals surface area contributed by atoms with Gasteiger partial charge in [0.1, 0.15) is 11.5 Å². The molecule has 0 unspecified atom stereocenters. The van der Waals surface area contributed by atoms with Gasteiger partial charge in [-0.1, -0.05) is 48.5 Å². The van der Waals surface area contributed by atoms with Crippen molar-refractivity contribution >= 4 is 23.6 Å². The van der Waals surface area contributed by atoms with E-state index in [2.05, 4.69) is 5.48 Å². The van der Waals surface area contributed by atoms with E-state index in [9.17, 15) is 14.7 Å². The molecule has 2 aromatic rings. The Labute approximate surface area is 162 Å². The summed E-state index contributed by atoms with van der Waals surface area (Å²) in [6.07, 6.45) is 0. The molecular formula is C20H22N2O4S. The maximum absolute atomic E-state index is 13.0. The zero-order valence-corrected chi connectivity index (χ0v) is 16.0. The number of hydrogen-bond donors (Lipinski definition) is 2. The summed E-state index contributed by atoms with van der Waals surface area (Å²) >= 11 is 1.16. The average molecular weight is 386 g/mol. The topological polar surface area (TPSA) is 78.9 Å². The molecule has 0 aromatic heterocycles. The molecule has 1 heterocycles. The predicted octanol–water partition coefficient (Wildman–Crippen LogP) is 2.55. The fraction of sp³-hybridized carbons (Fsp3) is 0.300. The molecule has 1 aliphatic rings. The van der Waals surface area contributed by atoms with Crippen LogP contribution < -0.4 is 5.48 Å². The van der Waals surface area contributed by atoms with Gasteiger partial charge in [-0.2, -0.15) is 0 Å². The van der Waals surface area contributed by atoms with Crippen molar-refractivity contribution in [3.63, 3.8) is 0 Å². The Morgan fingerprint density at radius 3 is 2.33 bits per heavy atom. The van der Waals surface area contributed by atoms with E-state index in [0.29, 0.717) is 5.56 Å². The van der Waals surface area contributed by atoms with Crippen LogP contribution >= 0.6 is 11.8 Å². The SMILES string of the molecule is CC1(C)S[C@H](O)[C@@H](C(=O)NOCc2ccccc2)N1C(=O)c1ccccc1. The molecule has 1 fully saturated rings. The Balaban J connectivity index is 1.73. The van der Waals surface area contributed by atoms with Crippen LogP contribution in [0, 0.1) is 0 Å². The minimum absolute atomic E-state index is 0.193. The Kier molecular flexibility index (Phi) is 5.84. The van der Waals surface area contributed by atoms with Crippen molar-refractivity contribution in [1.82, 2.24) is 10.4 Å². The van der Waals surface area contributed by atoms with Gasteiger partial charge in [-0.05, 0) is 31.5 Å². The molecule has 0 saturated carbocycles. The molecule has 6 nitrogen and oxygen atoms in total. The van der Waals surface area contributed by atoms with Crippen molar-refractivity contribution in [1.29, 1.82) is 0 Å². The maximum Gasteiger partial charge on any atom is 0.269 e. The lowest BCUT2D eigenvalue weighted by Crippen LogP contribution is -2.54. The Morgan fingerprint density at radius 2 is 1.70 bits per heavy atom. The molecule has 1 saturated heterocycles. The summed E-state index contributed by atoms with van der Waals surface area (Å²) in [5.74, 6) is -0.867. The van der Waals surface area contributed by atoms with Crippen molar-refractivity contribution < 1.29 is 19.5 Å². The Hall–Kier alpha value is -2.35. The van der Waals surface area contributed by atoms with Crippen molar-refractivity contribution in [2.75, 3.05) is 0 Å². The number of hydrogen-bond acceptors (Lipinski definition) is 5. The third-order valence-electron chi connectivity index (χ3n) is 4.30. The number of thioether (sulfide) groups is 1. The largest absolute Gasteiger partial charge is 0.380 e. The number of aliphatic hydroxyl groups excluding tert-OH is 1. The molecule has 27 heavy (non-hydrogen) atoms. The van der Waals surface area contributed by atoms with Crippen molar-refractivity contribution in [3.8, 4) is 0 Å². The van der Waals surface area contributed by atoms with E-state index in [0.717, 1.165) is 17.3 Å². The summed E-state index contributed by atoms with van der Waals surface area (Å²) < 4.78 is 0. The smallest absolute Gasteiger partial charge is 0.269 e. The third kappa shape index (κ3) is 4.32. The number of benzene rings is 2. The highest BCUT2D eigenvalue weighted by Crippen LogP contribution is 2.43. The number of carbonyl (C=O) groups excluding carboxylic acids is 2. The monoisotopic (exact) mass is 386 g/mol. The Bertz CT molecular complexity index is 798. The van der Waals surface area contributed by atoms with Gasteiger partial charge in [0.15, 0.2) is 0 Å². The molecule has 2 N–H and O–H groups in total. The van der Waals surface area contributed by atoms with Gasteiger partial charge in [0.05, 0.1) is 11.5 Å². The van der Waals surface area contributed by atoms with Crippen LogP contribution in [0.25, 0.3) is 0 Å². The molecule has 2 atom stereocenters. The number of hydroxylamine groups is 1. The van der Waals surface area contributed by atoms with Crippen LogP contribution in [0.5, 0.6) is 0 Å². The second-order valence-corrected chi connectivity index (χ2v) is 8.40. The molecule has 0 bridgehead atoms. The highest BCUT2D eigenvalue weighted by molar-refractivity contribution is 8.01. The van der Waals surface area contributed by atoms with Crippen LogP contribution in [0.2, 0.25) is 0 Å². The van der Waals surface area contributed by atoms with E-state index in [1.807, 2.05) is 36.4 Å². The third-order valence-corrected chi connectivity index (χ3v) is 5.57. The first kappa shape index (κ1) is 19.4. The molecular weight excluding hydrogens is 364 g/mol. The summed E-state index contributed by atoms with van der Waals surface area (Å²) in [5.41, 5.74) is 2.68. The van der Waals surface area contributed by atoms with Gasteiger partial charge < -0.3 is 10.0 Å². The fourth-order valence-corrected chi connectivity index (χ4v) is 4.32. The summed E-state index contributed by atoms with van der Waals surface area (Å²) in [4.78, 5) is 31.6. The van der Waals surface area contributed by atoms with Crippen molar-refractivity contribution in [3.05, 3.63) is 71.8 Å². The zero-order valence-electron chi connectivity index (χ0n) is 15.2.